The van der Waals surface area contributed by atoms with Gasteiger partial charge in [-0.3, -0.25) is 4.79 Å². The Labute approximate surface area is 158 Å². The van der Waals surface area contributed by atoms with Gasteiger partial charge in [0.15, 0.2) is 0 Å². The summed E-state index contributed by atoms with van der Waals surface area (Å²) in [5, 5.41) is 7.49. The molecule has 1 heterocycles. The van der Waals surface area contributed by atoms with Crippen LogP contribution < -0.4 is 14.8 Å². The van der Waals surface area contributed by atoms with E-state index in [9.17, 15) is 4.79 Å². The molecule has 0 aliphatic heterocycles. The summed E-state index contributed by atoms with van der Waals surface area (Å²) in [6, 6.07) is 15.3. The Morgan fingerprint density at radius 2 is 1.67 bits per heavy atom. The second kappa shape index (κ2) is 7.95. The van der Waals surface area contributed by atoms with Gasteiger partial charge in [0.1, 0.15) is 11.5 Å². The van der Waals surface area contributed by atoms with Crippen molar-refractivity contribution in [3.05, 3.63) is 71.0 Å². The number of nitrogens with zero attached hydrogens (tertiary/aromatic N) is 2. The number of nitrogens with one attached hydrogen (secondary N) is 1. The van der Waals surface area contributed by atoms with Crippen molar-refractivity contribution in [3.8, 4) is 17.2 Å². The van der Waals surface area contributed by atoms with Crippen molar-refractivity contribution < 1.29 is 14.3 Å². The Morgan fingerprint density at radius 3 is 2.26 bits per heavy atom. The van der Waals surface area contributed by atoms with Gasteiger partial charge in [-0.25, -0.2) is 4.68 Å². The highest BCUT2D eigenvalue weighted by Gasteiger charge is 2.19. The highest BCUT2D eigenvalue weighted by molar-refractivity contribution is 5.96. The molecule has 0 atom stereocenters. The monoisotopic (exact) mass is 365 g/mol. The van der Waals surface area contributed by atoms with Crippen LogP contribution in [-0.4, -0.2) is 29.9 Å². The molecule has 0 aliphatic rings. The Kier molecular flexibility index (Phi) is 5.45. The van der Waals surface area contributed by atoms with Crippen LogP contribution in [0, 0.1) is 13.8 Å². The molecule has 3 aromatic rings. The number of hydrogen-bond donors (Lipinski definition) is 1. The lowest BCUT2D eigenvalue weighted by atomic mass is 10.1. The fourth-order valence-electron chi connectivity index (χ4n) is 3.03. The van der Waals surface area contributed by atoms with Crippen LogP contribution in [0.1, 0.15) is 27.3 Å². The summed E-state index contributed by atoms with van der Waals surface area (Å²) in [7, 11) is 3.20. The van der Waals surface area contributed by atoms with E-state index in [1.54, 1.807) is 25.0 Å². The van der Waals surface area contributed by atoms with E-state index >= 15 is 0 Å². The van der Waals surface area contributed by atoms with Gasteiger partial charge < -0.3 is 14.8 Å². The van der Waals surface area contributed by atoms with Gasteiger partial charge in [-0.05, 0) is 43.7 Å². The van der Waals surface area contributed by atoms with Crippen LogP contribution in [0.15, 0.2) is 48.5 Å². The van der Waals surface area contributed by atoms with E-state index < -0.39 is 0 Å². The number of aryl methyl sites for hydroxylation is 1. The van der Waals surface area contributed by atoms with Crippen LogP contribution in [0.25, 0.3) is 5.69 Å². The van der Waals surface area contributed by atoms with Gasteiger partial charge in [-0.2, -0.15) is 5.10 Å². The van der Waals surface area contributed by atoms with Gasteiger partial charge >= 0.3 is 0 Å². The molecule has 6 nitrogen and oxygen atoms in total. The highest BCUT2D eigenvalue weighted by atomic mass is 16.5. The lowest BCUT2D eigenvalue weighted by molar-refractivity contribution is 0.0949. The number of amides is 1. The molecular weight excluding hydrogens is 342 g/mol. The normalized spacial score (nSPS) is 10.5. The van der Waals surface area contributed by atoms with Crippen LogP contribution in [-0.2, 0) is 6.54 Å². The van der Waals surface area contributed by atoms with Gasteiger partial charge in [0.2, 0.25) is 0 Å². The smallest absolute Gasteiger partial charge is 0.255 e. The first-order chi connectivity index (χ1) is 13.0. The number of rotatable bonds is 6. The third-order valence-electron chi connectivity index (χ3n) is 4.38. The van der Waals surface area contributed by atoms with E-state index in [1.165, 1.54) is 0 Å². The summed E-state index contributed by atoms with van der Waals surface area (Å²) in [6.07, 6.45) is 0. The highest BCUT2D eigenvalue weighted by Crippen LogP contribution is 2.23. The zero-order chi connectivity index (χ0) is 19.4. The van der Waals surface area contributed by atoms with Crippen molar-refractivity contribution in [2.45, 2.75) is 20.4 Å². The Hall–Kier alpha value is -3.28. The second-order valence-electron chi connectivity index (χ2n) is 6.20. The fraction of sp³-hybridized carbons (Fsp3) is 0.238. The SMILES string of the molecule is COc1cc(CNC(=O)c2c(C)nn(-c3ccccc3)c2C)cc(OC)c1. The van der Waals surface area contributed by atoms with Crippen LogP contribution in [0.5, 0.6) is 11.5 Å². The summed E-state index contributed by atoms with van der Waals surface area (Å²) >= 11 is 0. The average molecular weight is 365 g/mol. The van der Waals surface area contributed by atoms with Gasteiger partial charge in [0.25, 0.3) is 5.91 Å². The minimum Gasteiger partial charge on any atom is -0.497 e. The van der Waals surface area contributed by atoms with Gasteiger partial charge in [0, 0.05) is 12.6 Å². The first-order valence-electron chi connectivity index (χ1n) is 8.65. The summed E-state index contributed by atoms with van der Waals surface area (Å²) in [6.45, 7) is 4.11. The molecule has 2 aromatic carbocycles. The maximum absolute atomic E-state index is 12.8. The van der Waals surface area contributed by atoms with E-state index in [2.05, 4.69) is 10.4 Å². The third kappa shape index (κ3) is 3.95. The predicted octanol–water partition coefficient (Wildman–Crippen LogP) is 3.44. The van der Waals surface area contributed by atoms with Gasteiger partial charge in [-0.1, -0.05) is 18.2 Å². The molecular formula is C21H23N3O3. The Bertz CT molecular complexity index is 927. The standard InChI is InChI=1S/C21H23N3O3/c1-14-20(15(2)24(23-14)17-8-6-5-7-9-17)21(25)22-13-16-10-18(26-3)12-19(11-16)27-4/h5-12H,13H2,1-4H3,(H,22,25). The fourth-order valence-corrected chi connectivity index (χ4v) is 3.03. The molecule has 0 fully saturated rings. The lowest BCUT2D eigenvalue weighted by Gasteiger charge is -2.10. The van der Waals surface area contributed by atoms with Gasteiger partial charge in [-0.15, -0.1) is 0 Å². The number of carbonyl (C=O) groups excluding carboxylic acids is 1. The zero-order valence-corrected chi connectivity index (χ0v) is 15.9. The maximum Gasteiger partial charge on any atom is 0.255 e. The van der Waals surface area contributed by atoms with Crippen LogP contribution >= 0.6 is 0 Å². The lowest BCUT2D eigenvalue weighted by Crippen LogP contribution is -2.24. The largest absolute Gasteiger partial charge is 0.497 e. The molecule has 1 aromatic heterocycles. The molecule has 0 spiro atoms. The molecule has 27 heavy (non-hydrogen) atoms. The molecule has 140 valence electrons. The molecule has 0 bridgehead atoms. The number of aromatic nitrogens is 2. The first kappa shape index (κ1) is 18.5. The molecule has 0 unspecified atom stereocenters. The van der Waals surface area contributed by atoms with Crippen molar-refractivity contribution in [2.24, 2.45) is 0 Å². The van der Waals surface area contributed by atoms with Crippen LogP contribution in [0.2, 0.25) is 0 Å². The number of hydrogen-bond acceptors (Lipinski definition) is 4. The predicted molar refractivity (Wildman–Crippen MR) is 104 cm³/mol. The molecule has 0 aliphatic carbocycles. The van der Waals surface area contributed by atoms with E-state index in [0.29, 0.717) is 29.3 Å². The van der Waals surface area contributed by atoms with Crippen molar-refractivity contribution in [1.29, 1.82) is 0 Å². The first-order valence-corrected chi connectivity index (χ1v) is 8.65. The average Bonchev–Trinajstić information content (AvgIpc) is 3.00. The number of para-hydroxylation sites is 1. The van der Waals surface area contributed by atoms with E-state index in [-0.39, 0.29) is 5.91 Å². The Balaban J connectivity index is 1.80. The van der Waals surface area contributed by atoms with Crippen molar-refractivity contribution in [2.75, 3.05) is 14.2 Å². The van der Waals surface area contributed by atoms with Crippen molar-refractivity contribution in [1.82, 2.24) is 15.1 Å². The van der Waals surface area contributed by atoms with E-state index in [4.69, 9.17) is 9.47 Å². The molecule has 3 rings (SSSR count). The second-order valence-corrected chi connectivity index (χ2v) is 6.20. The van der Waals surface area contributed by atoms with Crippen LogP contribution in [0.4, 0.5) is 0 Å². The van der Waals surface area contributed by atoms with E-state index in [0.717, 1.165) is 16.9 Å². The minimum absolute atomic E-state index is 0.158. The third-order valence-corrected chi connectivity index (χ3v) is 4.38. The molecule has 0 saturated carbocycles. The Morgan fingerprint density at radius 1 is 1.04 bits per heavy atom. The van der Waals surface area contributed by atoms with E-state index in [1.807, 2.05) is 56.3 Å². The maximum atomic E-state index is 12.8. The van der Waals surface area contributed by atoms with Crippen molar-refractivity contribution in [3.63, 3.8) is 0 Å². The summed E-state index contributed by atoms with van der Waals surface area (Å²) in [4.78, 5) is 12.8. The molecule has 0 saturated heterocycles. The number of carbonyl (C=O) groups is 1. The summed E-state index contributed by atoms with van der Waals surface area (Å²) < 4.78 is 12.3. The number of methoxy groups -OCH3 is 2. The van der Waals surface area contributed by atoms with Gasteiger partial charge in [0.05, 0.1) is 36.9 Å². The summed E-state index contributed by atoms with van der Waals surface area (Å²) in [5.74, 6) is 1.21. The summed E-state index contributed by atoms with van der Waals surface area (Å²) in [5.41, 5.74) is 3.91. The zero-order valence-electron chi connectivity index (χ0n) is 15.9. The van der Waals surface area contributed by atoms with Crippen LogP contribution in [0.3, 0.4) is 0 Å². The molecule has 1 amide bonds. The molecule has 0 radical (unpaired) electrons. The quantitative estimate of drug-likeness (QED) is 0.727. The topological polar surface area (TPSA) is 65.4 Å². The number of ether oxygens (including phenoxy) is 2. The molecule has 1 N–H and O–H groups in total. The minimum atomic E-state index is -0.158. The number of benzene rings is 2. The van der Waals surface area contributed by atoms with Crippen molar-refractivity contribution >= 4 is 5.91 Å². The molecule has 6 heteroatoms.